The van der Waals surface area contributed by atoms with Crippen molar-refractivity contribution < 1.29 is 14.9 Å². The first-order chi connectivity index (χ1) is 12.2. The number of nitrogens with zero attached hydrogens (tertiary/aromatic N) is 3. The summed E-state index contributed by atoms with van der Waals surface area (Å²) in [7, 11) is 1.42. The summed E-state index contributed by atoms with van der Waals surface area (Å²) in [6.07, 6.45) is 6.57. The van der Waals surface area contributed by atoms with Crippen LogP contribution in [0.1, 0.15) is 0 Å². The third-order valence-electron chi connectivity index (χ3n) is 3.95. The van der Waals surface area contributed by atoms with Gasteiger partial charge in [0, 0.05) is 35.3 Å². The highest BCUT2D eigenvalue weighted by Crippen LogP contribution is 2.48. The highest BCUT2D eigenvalue weighted by atomic mass is 16.5. The minimum atomic E-state index is -0.331. The summed E-state index contributed by atoms with van der Waals surface area (Å²) < 4.78 is 5.17. The molecule has 25 heavy (non-hydrogen) atoms. The molecule has 0 saturated carbocycles. The number of aromatic nitrogens is 4. The number of benzene rings is 1. The van der Waals surface area contributed by atoms with Crippen molar-refractivity contribution in [2.24, 2.45) is 0 Å². The van der Waals surface area contributed by atoms with E-state index in [0.29, 0.717) is 22.5 Å². The Morgan fingerprint density at radius 3 is 2.60 bits per heavy atom. The summed E-state index contributed by atoms with van der Waals surface area (Å²) in [6, 6.07) is 6.96. The molecule has 0 aliphatic heterocycles. The van der Waals surface area contributed by atoms with E-state index in [4.69, 9.17) is 4.74 Å². The number of ether oxygens (including phenoxy) is 1. The molecular weight excluding hydrogens is 320 g/mol. The summed E-state index contributed by atoms with van der Waals surface area (Å²) >= 11 is 0. The number of hydrogen-bond acceptors (Lipinski definition) is 6. The minimum Gasteiger partial charge on any atom is -0.504 e. The molecule has 0 aliphatic carbocycles. The summed E-state index contributed by atoms with van der Waals surface area (Å²) in [6.45, 7) is 0. The number of fused-ring (bicyclic) bond motifs is 1. The molecule has 7 nitrogen and oxygen atoms in total. The van der Waals surface area contributed by atoms with Gasteiger partial charge in [0.25, 0.3) is 0 Å². The fourth-order valence-electron chi connectivity index (χ4n) is 2.76. The molecule has 0 bridgehead atoms. The summed E-state index contributed by atoms with van der Waals surface area (Å²) in [5.74, 6) is 0.0537. The first kappa shape index (κ1) is 14.9. The Kier molecular flexibility index (Phi) is 3.46. The molecule has 4 aromatic rings. The third kappa shape index (κ3) is 2.42. The molecule has 0 saturated heterocycles. The van der Waals surface area contributed by atoms with Crippen LogP contribution in [0.5, 0.6) is 17.2 Å². The number of phenols is 2. The van der Waals surface area contributed by atoms with E-state index in [1.807, 2.05) is 0 Å². The molecule has 0 atom stereocenters. The largest absolute Gasteiger partial charge is 0.504 e. The lowest BCUT2D eigenvalue weighted by atomic mass is 9.98. The molecule has 3 aromatic heterocycles. The van der Waals surface area contributed by atoms with Gasteiger partial charge in [-0.1, -0.05) is 6.07 Å². The Labute approximate surface area is 142 Å². The average molecular weight is 334 g/mol. The number of H-pyrrole nitrogens is 1. The fourth-order valence-corrected chi connectivity index (χ4v) is 2.76. The maximum absolute atomic E-state index is 10.6. The van der Waals surface area contributed by atoms with E-state index in [9.17, 15) is 10.2 Å². The fraction of sp³-hybridized carbons (Fsp3) is 0.0556. The smallest absolute Gasteiger partial charge is 0.201 e. The predicted molar refractivity (Wildman–Crippen MR) is 92.4 cm³/mol. The average Bonchev–Trinajstić information content (AvgIpc) is 3.08. The standard InChI is InChI=1S/C18H14N4O3/c1-25-14-7-11(18-21-12-4-6-20-9-13(12)22-18)15(17(24)16(14)23)10-3-2-5-19-8-10/h2-9,23-24H,1H3,(H,21,22). The molecule has 0 amide bonds. The van der Waals surface area contributed by atoms with Crippen LogP contribution in [0.15, 0.2) is 49.1 Å². The Hall–Kier alpha value is -3.61. The number of rotatable bonds is 3. The van der Waals surface area contributed by atoms with Crippen LogP contribution in [-0.4, -0.2) is 37.3 Å². The lowest BCUT2D eigenvalue weighted by Crippen LogP contribution is -1.93. The Morgan fingerprint density at radius 1 is 1.04 bits per heavy atom. The van der Waals surface area contributed by atoms with Crippen molar-refractivity contribution in [2.45, 2.75) is 0 Å². The second-order valence-corrected chi connectivity index (χ2v) is 5.42. The van der Waals surface area contributed by atoms with Crippen LogP contribution in [-0.2, 0) is 0 Å². The second-order valence-electron chi connectivity index (χ2n) is 5.42. The van der Waals surface area contributed by atoms with E-state index in [0.717, 1.165) is 11.0 Å². The quantitative estimate of drug-likeness (QED) is 0.497. The van der Waals surface area contributed by atoms with Gasteiger partial charge in [-0.3, -0.25) is 9.97 Å². The van der Waals surface area contributed by atoms with E-state index < -0.39 is 0 Å². The summed E-state index contributed by atoms with van der Waals surface area (Å²) in [5.41, 5.74) is 3.15. The van der Waals surface area contributed by atoms with Gasteiger partial charge in [-0.2, -0.15) is 0 Å². The summed E-state index contributed by atoms with van der Waals surface area (Å²) in [4.78, 5) is 15.9. The molecule has 0 aliphatic rings. The highest BCUT2D eigenvalue weighted by Gasteiger charge is 2.22. The van der Waals surface area contributed by atoms with Gasteiger partial charge in [0.1, 0.15) is 5.82 Å². The van der Waals surface area contributed by atoms with Gasteiger partial charge in [-0.25, -0.2) is 4.98 Å². The second kappa shape index (κ2) is 5.79. The molecule has 3 heterocycles. The normalized spacial score (nSPS) is 10.9. The molecule has 0 spiro atoms. The highest BCUT2D eigenvalue weighted by molar-refractivity contribution is 5.91. The zero-order chi connectivity index (χ0) is 17.4. The maximum atomic E-state index is 10.6. The molecule has 0 unspecified atom stereocenters. The van der Waals surface area contributed by atoms with Gasteiger partial charge >= 0.3 is 0 Å². The summed E-state index contributed by atoms with van der Waals surface area (Å²) in [5, 5.41) is 20.8. The van der Waals surface area contributed by atoms with E-state index in [2.05, 4.69) is 19.9 Å². The van der Waals surface area contributed by atoms with E-state index in [1.54, 1.807) is 49.1 Å². The van der Waals surface area contributed by atoms with Crippen LogP contribution in [0.3, 0.4) is 0 Å². The first-order valence-electron chi connectivity index (χ1n) is 7.52. The Balaban J connectivity index is 2.04. The number of aromatic hydroxyl groups is 2. The Morgan fingerprint density at radius 2 is 1.88 bits per heavy atom. The lowest BCUT2D eigenvalue weighted by Gasteiger charge is -2.14. The van der Waals surface area contributed by atoms with Gasteiger partial charge in [-0.15, -0.1) is 0 Å². The molecule has 4 rings (SSSR count). The van der Waals surface area contributed by atoms with E-state index in [-0.39, 0.29) is 17.2 Å². The number of hydrogen-bond donors (Lipinski definition) is 3. The van der Waals surface area contributed by atoms with Crippen molar-refractivity contribution in [3.05, 3.63) is 49.1 Å². The van der Waals surface area contributed by atoms with Crippen molar-refractivity contribution >= 4 is 11.0 Å². The number of methoxy groups -OCH3 is 1. The van der Waals surface area contributed by atoms with Crippen LogP contribution >= 0.6 is 0 Å². The molecule has 0 radical (unpaired) electrons. The SMILES string of the molecule is COc1cc(-c2nc3ccncc3[nH]2)c(-c2cccnc2)c(O)c1O. The van der Waals surface area contributed by atoms with Gasteiger partial charge in [-0.05, 0) is 18.2 Å². The van der Waals surface area contributed by atoms with Crippen LogP contribution in [0, 0.1) is 0 Å². The van der Waals surface area contributed by atoms with Crippen molar-refractivity contribution in [1.29, 1.82) is 0 Å². The number of imidazole rings is 1. The van der Waals surface area contributed by atoms with Crippen molar-refractivity contribution in [1.82, 2.24) is 19.9 Å². The van der Waals surface area contributed by atoms with Gasteiger partial charge in [0.05, 0.1) is 24.3 Å². The monoisotopic (exact) mass is 334 g/mol. The van der Waals surface area contributed by atoms with Crippen LogP contribution in [0.25, 0.3) is 33.5 Å². The van der Waals surface area contributed by atoms with E-state index in [1.165, 1.54) is 7.11 Å². The van der Waals surface area contributed by atoms with Crippen LogP contribution in [0.4, 0.5) is 0 Å². The van der Waals surface area contributed by atoms with Crippen LogP contribution in [0.2, 0.25) is 0 Å². The van der Waals surface area contributed by atoms with Gasteiger partial charge < -0.3 is 19.9 Å². The molecule has 3 N–H and O–H groups in total. The predicted octanol–water partition coefficient (Wildman–Crippen LogP) is 3.11. The van der Waals surface area contributed by atoms with Gasteiger partial charge in [0.2, 0.25) is 5.75 Å². The topological polar surface area (TPSA) is 104 Å². The first-order valence-corrected chi connectivity index (χ1v) is 7.52. The minimum absolute atomic E-state index is 0.152. The zero-order valence-electron chi connectivity index (χ0n) is 13.3. The molecule has 124 valence electrons. The van der Waals surface area contributed by atoms with E-state index >= 15 is 0 Å². The lowest BCUT2D eigenvalue weighted by molar-refractivity contribution is 0.352. The molecule has 1 aromatic carbocycles. The molecular formula is C18H14N4O3. The van der Waals surface area contributed by atoms with Crippen molar-refractivity contribution in [3.8, 4) is 39.8 Å². The number of pyridine rings is 2. The maximum Gasteiger partial charge on any atom is 0.201 e. The number of nitrogens with one attached hydrogen (secondary N) is 1. The van der Waals surface area contributed by atoms with Crippen LogP contribution < -0.4 is 4.74 Å². The molecule has 0 fully saturated rings. The van der Waals surface area contributed by atoms with Gasteiger partial charge in [0.15, 0.2) is 11.5 Å². The Bertz CT molecular complexity index is 1030. The molecule has 7 heteroatoms. The number of phenolic OH excluding ortho intramolecular Hbond substituents is 2. The third-order valence-corrected chi connectivity index (χ3v) is 3.95. The van der Waals surface area contributed by atoms with Crippen molar-refractivity contribution in [2.75, 3.05) is 7.11 Å². The number of aromatic amines is 1. The zero-order valence-corrected chi connectivity index (χ0v) is 13.3. The van der Waals surface area contributed by atoms with Crippen molar-refractivity contribution in [3.63, 3.8) is 0 Å².